The first-order chi connectivity index (χ1) is 14.5. The monoisotopic (exact) mass is 422 g/mol. The maximum atomic E-state index is 11.8. The van der Waals surface area contributed by atoms with E-state index < -0.39 is 5.91 Å². The summed E-state index contributed by atoms with van der Waals surface area (Å²) >= 11 is 1.70. The van der Waals surface area contributed by atoms with Gasteiger partial charge in [-0.05, 0) is 23.3 Å². The summed E-state index contributed by atoms with van der Waals surface area (Å²) in [7, 11) is 3.57. The zero-order chi connectivity index (χ0) is 21.1. The number of aromatic nitrogens is 2. The number of hydrogen-bond acceptors (Lipinski definition) is 6. The van der Waals surface area contributed by atoms with Crippen LogP contribution < -0.4 is 15.8 Å². The predicted octanol–water partition coefficient (Wildman–Crippen LogP) is 4.18. The predicted molar refractivity (Wildman–Crippen MR) is 118 cm³/mol. The highest BCUT2D eigenvalue weighted by molar-refractivity contribution is 7.98. The molecule has 0 saturated heterocycles. The summed E-state index contributed by atoms with van der Waals surface area (Å²) in [5.74, 6) is 0.993. The number of ether oxygens (including phenoxy) is 1. The summed E-state index contributed by atoms with van der Waals surface area (Å²) in [6.45, 7) is 0.535. The maximum Gasteiger partial charge on any atom is 0.286 e. The van der Waals surface area contributed by atoms with Gasteiger partial charge in [0.15, 0.2) is 5.16 Å². The van der Waals surface area contributed by atoms with Crippen LogP contribution in [0.5, 0.6) is 5.75 Å². The second kappa shape index (κ2) is 8.54. The summed E-state index contributed by atoms with van der Waals surface area (Å²) in [5.41, 5.74) is 8.95. The van der Waals surface area contributed by atoms with Gasteiger partial charge < -0.3 is 24.8 Å². The Hall–Kier alpha value is -3.39. The summed E-state index contributed by atoms with van der Waals surface area (Å²) in [4.78, 5) is 16.2. The Morgan fingerprint density at radius 2 is 2.00 bits per heavy atom. The van der Waals surface area contributed by atoms with Gasteiger partial charge >= 0.3 is 0 Å². The quantitative estimate of drug-likeness (QED) is 0.414. The van der Waals surface area contributed by atoms with Crippen molar-refractivity contribution in [3.8, 4) is 5.75 Å². The van der Waals surface area contributed by atoms with Crippen molar-refractivity contribution in [3.63, 3.8) is 0 Å². The number of hydrogen-bond donors (Lipinski definition) is 2. The van der Waals surface area contributed by atoms with Crippen LogP contribution >= 0.6 is 11.8 Å². The minimum absolute atomic E-state index is 0.112. The molecule has 0 aliphatic rings. The van der Waals surface area contributed by atoms with E-state index in [4.69, 9.17) is 14.9 Å². The minimum atomic E-state index is -0.616. The van der Waals surface area contributed by atoms with Crippen molar-refractivity contribution in [2.45, 2.75) is 17.5 Å². The molecule has 0 bridgehead atoms. The van der Waals surface area contributed by atoms with Gasteiger partial charge in [-0.15, -0.1) is 0 Å². The zero-order valence-electron chi connectivity index (χ0n) is 16.7. The largest absolute Gasteiger partial charge is 0.497 e. The lowest BCUT2D eigenvalue weighted by Gasteiger charge is -2.08. The van der Waals surface area contributed by atoms with E-state index in [-0.39, 0.29) is 5.76 Å². The molecule has 0 aliphatic heterocycles. The average Bonchev–Trinajstić information content (AvgIpc) is 3.34. The first kappa shape index (κ1) is 19.9. The normalized spacial score (nSPS) is 11.0. The topological polar surface area (TPSA) is 95.3 Å². The molecule has 0 aliphatic carbocycles. The number of nitrogens with two attached hydrogens (primary N) is 1. The summed E-state index contributed by atoms with van der Waals surface area (Å²) in [6.07, 6.45) is 3.74. The third kappa shape index (κ3) is 4.13. The van der Waals surface area contributed by atoms with Crippen molar-refractivity contribution in [1.29, 1.82) is 0 Å². The molecule has 154 valence electrons. The van der Waals surface area contributed by atoms with E-state index in [1.54, 1.807) is 31.1 Å². The fourth-order valence-corrected chi connectivity index (χ4v) is 4.02. The average molecular weight is 423 g/mol. The molecule has 2 heterocycles. The first-order valence-electron chi connectivity index (χ1n) is 9.37. The highest BCUT2D eigenvalue weighted by Crippen LogP contribution is 2.33. The lowest BCUT2D eigenvalue weighted by molar-refractivity contribution is 0.0977. The fourth-order valence-electron chi connectivity index (χ4n) is 3.14. The van der Waals surface area contributed by atoms with Crippen LogP contribution in [0.4, 0.5) is 5.69 Å². The van der Waals surface area contributed by atoms with Crippen molar-refractivity contribution < 1.29 is 13.9 Å². The van der Waals surface area contributed by atoms with Gasteiger partial charge in [-0.25, -0.2) is 4.98 Å². The molecule has 0 saturated carbocycles. The number of anilines is 1. The number of primary amides is 1. The Balaban J connectivity index is 1.46. The van der Waals surface area contributed by atoms with Gasteiger partial charge in [-0.3, -0.25) is 4.79 Å². The molecular formula is C22H22N4O3S. The standard InChI is InChI=1S/C22H22N4O3S/c1-26-10-9-24-22(26)30-13-15-5-3-14(4-6-15)12-25-19-17-8-7-16(28-2)11-18(17)29-20(19)21(23)27/h3-11,25H,12-13H2,1-2H3,(H2,23,27). The number of imidazole rings is 1. The highest BCUT2D eigenvalue weighted by atomic mass is 32.2. The molecule has 0 radical (unpaired) electrons. The SMILES string of the molecule is COc1ccc2c(NCc3ccc(CSc4nccn4C)cc3)c(C(N)=O)oc2c1. The van der Waals surface area contributed by atoms with E-state index in [9.17, 15) is 4.79 Å². The molecule has 0 unspecified atom stereocenters. The van der Waals surface area contributed by atoms with E-state index in [2.05, 4.69) is 34.6 Å². The number of nitrogens with zero attached hydrogens (tertiary/aromatic N) is 2. The van der Waals surface area contributed by atoms with Gasteiger partial charge in [-0.1, -0.05) is 36.0 Å². The molecule has 0 fully saturated rings. The molecule has 0 atom stereocenters. The molecule has 30 heavy (non-hydrogen) atoms. The van der Waals surface area contributed by atoms with Crippen LogP contribution in [0.25, 0.3) is 11.0 Å². The molecule has 3 N–H and O–H groups in total. The van der Waals surface area contributed by atoms with E-state index in [1.807, 2.05) is 29.9 Å². The van der Waals surface area contributed by atoms with Gasteiger partial charge in [0, 0.05) is 43.2 Å². The molecule has 0 spiro atoms. The molecule has 4 rings (SSSR count). The van der Waals surface area contributed by atoms with Crippen LogP contribution in [-0.2, 0) is 19.3 Å². The van der Waals surface area contributed by atoms with Gasteiger partial charge in [0.25, 0.3) is 5.91 Å². The number of fused-ring (bicyclic) bond motifs is 1. The Bertz CT molecular complexity index is 1180. The molecule has 2 aromatic carbocycles. The van der Waals surface area contributed by atoms with Crippen LogP contribution in [-0.4, -0.2) is 22.6 Å². The third-order valence-corrected chi connectivity index (χ3v) is 5.89. The number of carbonyl (C=O) groups is 1. The maximum absolute atomic E-state index is 11.8. The van der Waals surface area contributed by atoms with Crippen LogP contribution in [0.2, 0.25) is 0 Å². The summed E-state index contributed by atoms with van der Waals surface area (Å²) < 4.78 is 12.9. The van der Waals surface area contributed by atoms with Crippen LogP contribution in [0.3, 0.4) is 0 Å². The number of methoxy groups -OCH3 is 1. The van der Waals surface area contributed by atoms with Crippen molar-refractivity contribution >= 4 is 34.3 Å². The van der Waals surface area contributed by atoms with Crippen molar-refractivity contribution in [1.82, 2.24) is 9.55 Å². The van der Waals surface area contributed by atoms with Crippen LogP contribution in [0, 0.1) is 0 Å². The number of aryl methyl sites for hydroxylation is 1. The van der Waals surface area contributed by atoms with Gasteiger partial charge in [-0.2, -0.15) is 0 Å². The van der Waals surface area contributed by atoms with Gasteiger partial charge in [0.1, 0.15) is 11.3 Å². The first-order valence-corrected chi connectivity index (χ1v) is 10.4. The Kier molecular flexibility index (Phi) is 5.67. The van der Waals surface area contributed by atoms with Crippen molar-refractivity contribution in [2.75, 3.05) is 12.4 Å². The molecule has 4 aromatic rings. The number of nitrogens with one attached hydrogen (secondary N) is 1. The third-order valence-electron chi connectivity index (χ3n) is 4.76. The Morgan fingerprint density at radius 3 is 2.67 bits per heavy atom. The van der Waals surface area contributed by atoms with Crippen molar-refractivity contribution in [3.05, 3.63) is 71.7 Å². The van der Waals surface area contributed by atoms with E-state index in [0.29, 0.717) is 23.6 Å². The Morgan fingerprint density at radius 1 is 1.23 bits per heavy atom. The van der Waals surface area contributed by atoms with Crippen LogP contribution in [0.1, 0.15) is 21.7 Å². The lowest BCUT2D eigenvalue weighted by Crippen LogP contribution is -2.12. The zero-order valence-corrected chi connectivity index (χ0v) is 17.5. The number of rotatable bonds is 8. The summed E-state index contributed by atoms with van der Waals surface area (Å²) in [6, 6.07) is 13.7. The molecule has 7 nitrogen and oxygen atoms in total. The molecule has 2 aromatic heterocycles. The second-order valence-corrected chi connectivity index (χ2v) is 7.75. The number of thioether (sulfide) groups is 1. The highest BCUT2D eigenvalue weighted by Gasteiger charge is 2.19. The number of amides is 1. The van der Waals surface area contributed by atoms with E-state index in [0.717, 1.165) is 21.9 Å². The smallest absolute Gasteiger partial charge is 0.286 e. The lowest BCUT2D eigenvalue weighted by atomic mass is 10.1. The second-order valence-electron chi connectivity index (χ2n) is 6.81. The van der Waals surface area contributed by atoms with Crippen LogP contribution in [0.15, 0.2) is 64.4 Å². The fraction of sp³-hybridized carbons (Fsp3) is 0.182. The van der Waals surface area contributed by atoms with E-state index >= 15 is 0 Å². The Labute approximate surface area is 178 Å². The molecule has 8 heteroatoms. The number of benzene rings is 2. The molecular weight excluding hydrogens is 400 g/mol. The van der Waals surface area contributed by atoms with Gasteiger partial charge in [0.05, 0.1) is 12.8 Å². The summed E-state index contributed by atoms with van der Waals surface area (Å²) in [5, 5.41) is 5.07. The number of furan rings is 1. The molecule has 1 amide bonds. The van der Waals surface area contributed by atoms with Gasteiger partial charge in [0.2, 0.25) is 5.76 Å². The number of carbonyl (C=O) groups excluding carboxylic acids is 1. The minimum Gasteiger partial charge on any atom is -0.497 e. The van der Waals surface area contributed by atoms with Crippen molar-refractivity contribution in [2.24, 2.45) is 12.8 Å². The van der Waals surface area contributed by atoms with E-state index in [1.165, 1.54) is 5.56 Å².